The van der Waals surface area contributed by atoms with Gasteiger partial charge in [0.1, 0.15) is 0 Å². The summed E-state index contributed by atoms with van der Waals surface area (Å²) in [5.74, 6) is 1.28. The van der Waals surface area contributed by atoms with Crippen molar-refractivity contribution >= 4 is 5.91 Å². The molecule has 1 aromatic carbocycles. The lowest BCUT2D eigenvalue weighted by Crippen LogP contribution is -2.52. The summed E-state index contributed by atoms with van der Waals surface area (Å²) in [6.07, 6.45) is 1.12. The third kappa shape index (κ3) is 3.83. The molecule has 1 amide bonds. The molecule has 3 atom stereocenters. The third-order valence-corrected chi connectivity index (χ3v) is 4.04. The predicted molar refractivity (Wildman–Crippen MR) is 82.7 cm³/mol. The smallest absolute Gasteiger partial charge is 0.234 e. The van der Waals surface area contributed by atoms with Crippen LogP contribution in [0.15, 0.2) is 30.3 Å². The monoisotopic (exact) mass is 274 g/mol. The number of hydrogen-bond donors (Lipinski definition) is 2. The Morgan fingerprint density at radius 1 is 1.25 bits per heavy atom. The Kier molecular flexibility index (Phi) is 4.48. The van der Waals surface area contributed by atoms with Gasteiger partial charge in [-0.2, -0.15) is 0 Å². The van der Waals surface area contributed by atoms with E-state index in [0.29, 0.717) is 24.4 Å². The van der Waals surface area contributed by atoms with Gasteiger partial charge in [0, 0.05) is 11.6 Å². The van der Waals surface area contributed by atoms with Gasteiger partial charge in [-0.15, -0.1) is 0 Å². The second-order valence-corrected chi connectivity index (χ2v) is 6.90. The Bertz CT molecular complexity index is 450. The second-order valence-electron chi connectivity index (χ2n) is 6.90. The molecular weight excluding hydrogens is 248 g/mol. The van der Waals surface area contributed by atoms with Gasteiger partial charge in [-0.1, -0.05) is 37.3 Å². The molecule has 0 bridgehead atoms. The fraction of sp³-hybridized carbons (Fsp3) is 0.588. The molecule has 1 aromatic rings. The van der Waals surface area contributed by atoms with E-state index in [9.17, 15) is 4.79 Å². The van der Waals surface area contributed by atoms with Crippen LogP contribution in [0, 0.1) is 5.92 Å². The quantitative estimate of drug-likeness (QED) is 0.886. The van der Waals surface area contributed by atoms with Gasteiger partial charge in [-0.25, -0.2) is 0 Å². The zero-order chi connectivity index (χ0) is 14.8. The number of carbonyl (C=O) groups is 1. The summed E-state index contributed by atoms with van der Waals surface area (Å²) in [6, 6.07) is 11.1. The first kappa shape index (κ1) is 15.0. The van der Waals surface area contributed by atoms with Crippen molar-refractivity contribution in [1.82, 2.24) is 10.6 Å². The minimum atomic E-state index is -0.156. The average molecular weight is 274 g/mol. The van der Waals surface area contributed by atoms with E-state index in [-0.39, 0.29) is 11.4 Å². The molecule has 20 heavy (non-hydrogen) atoms. The van der Waals surface area contributed by atoms with Crippen molar-refractivity contribution < 1.29 is 4.79 Å². The first-order valence-electron chi connectivity index (χ1n) is 7.46. The van der Waals surface area contributed by atoms with Crippen molar-refractivity contribution in [1.29, 1.82) is 0 Å². The van der Waals surface area contributed by atoms with E-state index in [2.05, 4.69) is 47.9 Å². The molecule has 1 aliphatic rings. The summed E-state index contributed by atoms with van der Waals surface area (Å²) < 4.78 is 0. The molecule has 3 nitrogen and oxygen atoms in total. The van der Waals surface area contributed by atoms with Crippen LogP contribution < -0.4 is 10.6 Å². The van der Waals surface area contributed by atoms with E-state index < -0.39 is 0 Å². The van der Waals surface area contributed by atoms with Gasteiger partial charge in [-0.3, -0.25) is 4.79 Å². The second kappa shape index (κ2) is 5.96. The lowest BCUT2D eigenvalue weighted by Gasteiger charge is -2.43. The number of benzene rings is 1. The zero-order valence-electron chi connectivity index (χ0n) is 12.9. The molecule has 3 unspecified atom stereocenters. The minimum Gasteiger partial charge on any atom is -0.350 e. The first-order chi connectivity index (χ1) is 9.37. The maximum absolute atomic E-state index is 11.8. The van der Waals surface area contributed by atoms with Crippen LogP contribution in [0.5, 0.6) is 0 Å². The lowest BCUT2D eigenvalue weighted by atomic mass is 9.67. The molecule has 0 aromatic heterocycles. The van der Waals surface area contributed by atoms with Gasteiger partial charge in [0.2, 0.25) is 5.91 Å². The van der Waals surface area contributed by atoms with Crippen molar-refractivity contribution in [3.8, 4) is 0 Å². The van der Waals surface area contributed by atoms with Crippen molar-refractivity contribution in [3.05, 3.63) is 35.9 Å². The van der Waals surface area contributed by atoms with Crippen LogP contribution in [0.4, 0.5) is 0 Å². The molecule has 0 spiro atoms. The highest BCUT2D eigenvalue weighted by Crippen LogP contribution is 2.42. The van der Waals surface area contributed by atoms with E-state index in [1.165, 1.54) is 5.56 Å². The molecule has 1 fully saturated rings. The Labute approximate surface area is 122 Å². The van der Waals surface area contributed by atoms with E-state index in [0.717, 1.165) is 6.42 Å². The van der Waals surface area contributed by atoms with Crippen LogP contribution in [0.2, 0.25) is 0 Å². The number of nitrogens with one attached hydrogen (secondary N) is 2. The summed E-state index contributed by atoms with van der Waals surface area (Å²) in [7, 11) is 0. The standard InChI is InChI=1S/C17H26N2O/c1-12-14(13-8-6-5-7-9-13)10-15(12)18-11-16(20)19-17(2,3)4/h5-9,12,14-15,18H,10-11H2,1-4H3,(H,19,20). The van der Waals surface area contributed by atoms with E-state index in [4.69, 9.17) is 0 Å². The highest BCUT2D eigenvalue weighted by atomic mass is 16.2. The Hall–Kier alpha value is -1.35. The largest absolute Gasteiger partial charge is 0.350 e. The molecule has 0 radical (unpaired) electrons. The van der Waals surface area contributed by atoms with Crippen LogP contribution in [-0.2, 0) is 4.79 Å². The first-order valence-corrected chi connectivity index (χ1v) is 7.46. The molecule has 0 heterocycles. The fourth-order valence-corrected chi connectivity index (χ4v) is 2.88. The number of carbonyl (C=O) groups excluding carboxylic acids is 1. The molecule has 110 valence electrons. The van der Waals surface area contributed by atoms with Crippen LogP contribution in [0.1, 0.15) is 45.6 Å². The van der Waals surface area contributed by atoms with E-state index in [1.807, 2.05) is 20.8 Å². The average Bonchev–Trinajstić information content (AvgIpc) is 2.36. The Morgan fingerprint density at radius 2 is 1.90 bits per heavy atom. The third-order valence-electron chi connectivity index (χ3n) is 4.04. The molecule has 2 N–H and O–H groups in total. The maximum atomic E-state index is 11.8. The molecular formula is C17H26N2O. The Morgan fingerprint density at radius 3 is 2.45 bits per heavy atom. The minimum absolute atomic E-state index is 0.0767. The van der Waals surface area contributed by atoms with Crippen molar-refractivity contribution in [2.24, 2.45) is 5.92 Å². The van der Waals surface area contributed by atoms with Crippen molar-refractivity contribution in [3.63, 3.8) is 0 Å². The van der Waals surface area contributed by atoms with Crippen LogP contribution in [0.25, 0.3) is 0 Å². The SMILES string of the molecule is CC1C(NCC(=O)NC(C)(C)C)CC1c1ccccc1. The maximum Gasteiger partial charge on any atom is 0.234 e. The van der Waals surface area contributed by atoms with Gasteiger partial charge in [0.25, 0.3) is 0 Å². The number of amides is 1. The van der Waals surface area contributed by atoms with Gasteiger partial charge in [-0.05, 0) is 44.6 Å². The number of rotatable bonds is 4. The fourth-order valence-electron chi connectivity index (χ4n) is 2.88. The van der Waals surface area contributed by atoms with Gasteiger partial charge in [0.15, 0.2) is 0 Å². The van der Waals surface area contributed by atoms with E-state index >= 15 is 0 Å². The number of hydrogen-bond acceptors (Lipinski definition) is 2. The summed E-state index contributed by atoms with van der Waals surface area (Å²) in [5, 5.41) is 6.36. The lowest BCUT2D eigenvalue weighted by molar-refractivity contribution is -0.122. The van der Waals surface area contributed by atoms with E-state index in [1.54, 1.807) is 0 Å². The normalized spacial score (nSPS) is 25.9. The highest BCUT2D eigenvalue weighted by molar-refractivity contribution is 5.78. The molecule has 1 aliphatic carbocycles. The van der Waals surface area contributed by atoms with Crippen LogP contribution in [-0.4, -0.2) is 24.0 Å². The van der Waals surface area contributed by atoms with Gasteiger partial charge >= 0.3 is 0 Å². The van der Waals surface area contributed by atoms with Crippen LogP contribution >= 0.6 is 0 Å². The van der Waals surface area contributed by atoms with Crippen LogP contribution in [0.3, 0.4) is 0 Å². The zero-order valence-corrected chi connectivity index (χ0v) is 12.9. The molecule has 3 heteroatoms. The van der Waals surface area contributed by atoms with Crippen molar-refractivity contribution in [2.75, 3.05) is 6.54 Å². The van der Waals surface area contributed by atoms with Gasteiger partial charge < -0.3 is 10.6 Å². The molecule has 0 saturated heterocycles. The topological polar surface area (TPSA) is 41.1 Å². The molecule has 2 rings (SSSR count). The summed E-state index contributed by atoms with van der Waals surface area (Å²) in [5.41, 5.74) is 1.26. The summed E-state index contributed by atoms with van der Waals surface area (Å²) in [6.45, 7) is 8.68. The van der Waals surface area contributed by atoms with Crippen molar-refractivity contribution in [2.45, 2.75) is 51.6 Å². The van der Waals surface area contributed by atoms with Gasteiger partial charge in [0.05, 0.1) is 6.54 Å². The summed E-state index contributed by atoms with van der Waals surface area (Å²) in [4.78, 5) is 11.8. The molecule has 0 aliphatic heterocycles. The Balaban J connectivity index is 1.76. The summed E-state index contributed by atoms with van der Waals surface area (Å²) >= 11 is 0. The predicted octanol–water partition coefficient (Wildman–Crippen LogP) is 2.68. The molecule has 1 saturated carbocycles. The highest BCUT2D eigenvalue weighted by Gasteiger charge is 2.38.